The van der Waals surface area contributed by atoms with E-state index in [-0.39, 0.29) is 0 Å². The maximum absolute atomic E-state index is 9.10. The molecule has 2 aliphatic heterocycles. The number of nitrogens with zero attached hydrogens (tertiary/aromatic N) is 3. The second-order valence-electron chi connectivity index (χ2n) is 8.14. The van der Waals surface area contributed by atoms with Crippen LogP contribution in [0.1, 0.15) is 38.5 Å². The Bertz CT molecular complexity index is 353. The van der Waals surface area contributed by atoms with Gasteiger partial charge >= 0.3 is 0 Å². The van der Waals surface area contributed by atoms with Gasteiger partial charge in [0.25, 0.3) is 0 Å². The molecule has 2 unspecified atom stereocenters. The molecule has 0 spiro atoms. The number of hydrogen-bond acceptors (Lipinski definition) is 5. The average Bonchev–Trinajstić information content (AvgIpc) is 2.64. The number of piperidine rings is 1. The zero-order valence-corrected chi connectivity index (χ0v) is 15.6. The average molecular weight is 339 g/mol. The molecule has 2 atom stereocenters. The smallest absolute Gasteiger partial charge is 0.0558 e. The molecule has 1 aliphatic carbocycles. The molecule has 2 heterocycles. The number of aliphatic hydroxyl groups excluding tert-OH is 1. The molecular formula is C19H38N4O. The van der Waals surface area contributed by atoms with Crippen molar-refractivity contribution in [1.82, 2.24) is 20.0 Å². The van der Waals surface area contributed by atoms with Gasteiger partial charge in [-0.2, -0.15) is 0 Å². The predicted octanol–water partition coefficient (Wildman–Crippen LogP) is 0.839. The number of rotatable bonds is 6. The summed E-state index contributed by atoms with van der Waals surface area (Å²) in [6.45, 7) is 9.33. The Morgan fingerprint density at radius 2 is 1.71 bits per heavy atom. The molecule has 5 heteroatoms. The van der Waals surface area contributed by atoms with E-state index < -0.39 is 0 Å². The maximum Gasteiger partial charge on any atom is 0.0558 e. The number of β-amino-alcohol motifs (C(OH)–C–C–N with tert-alkyl or cyclic N) is 1. The lowest BCUT2D eigenvalue weighted by Crippen LogP contribution is -2.57. The molecule has 2 saturated heterocycles. The van der Waals surface area contributed by atoms with E-state index in [0.717, 1.165) is 31.6 Å². The topological polar surface area (TPSA) is 42.0 Å². The Labute approximate surface area is 148 Å². The van der Waals surface area contributed by atoms with Crippen LogP contribution in [-0.2, 0) is 0 Å². The highest BCUT2D eigenvalue weighted by atomic mass is 16.3. The number of hydrogen-bond donors (Lipinski definition) is 2. The molecule has 0 radical (unpaired) electrons. The quantitative estimate of drug-likeness (QED) is 0.751. The van der Waals surface area contributed by atoms with Gasteiger partial charge in [0.05, 0.1) is 6.61 Å². The van der Waals surface area contributed by atoms with E-state index in [4.69, 9.17) is 5.11 Å². The van der Waals surface area contributed by atoms with Crippen LogP contribution in [0.25, 0.3) is 0 Å². The van der Waals surface area contributed by atoms with Crippen LogP contribution < -0.4 is 5.32 Å². The van der Waals surface area contributed by atoms with E-state index in [2.05, 4.69) is 27.1 Å². The lowest BCUT2D eigenvalue weighted by molar-refractivity contribution is 0.0443. The first-order chi connectivity index (χ1) is 11.8. The van der Waals surface area contributed by atoms with Crippen molar-refractivity contribution >= 4 is 0 Å². The minimum atomic E-state index is 0.294. The van der Waals surface area contributed by atoms with Crippen LogP contribution in [0.3, 0.4) is 0 Å². The summed E-state index contributed by atoms with van der Waals surface area (Å²) in [5.74, 6) is 0.808. The van der Waals surface area contributed by atoms with E-state index in [1.54, 1.807) is 0 Å². The normalized spacial score (nSPS) is 31.6. The van der Waals surface area contributed by atoms with Gasteiger partial charge in [-0.15, -0.1) is 0 Å². The van der Waals surface area contributed by atoms with E-state index in [9.17, 15) is 0 Å². The van der Waals surface area contributed by atoms with Crippen LogP contribution in [0.2, 0.25) is 0 Å². The van der Waals surface area contributed by atoms with Crippen molar-refractivity contribution in [3.63, 3.8) is 0 Å². The monoisotopic (exact) mass is 338 g/mol. The Morgan fingerprint density at radius 1 is 1.00 bits per heavy atom. The molecule has 5 nitrogen and oxygen atoms in total. The van der Waals surface area contributed by atoms with Crippen molar-refractivity contribution < 1.29 is 5.11 Å². The second kappa shape index (κ2) is 9.48. The summed E-state index contributed by atoms with van der Waals surface area (Å²) in [6, 6.07) is 1.52. The van der Waals surface area contributed by atoms with Crippen LogP contribution in [0.5, 0.6) is 0 Å². The van der Waals surface area contributed by atoms with Gasteiger partial charge in [0, 0.05) is 57.9 Å². The van der Waals surface area contributed by atoms with Crippen LogP contribution in [0, 0.1) is 5.92 Å². The highest BCUT2D eigenvalue weighted by Crippen LogP contribution is 2.27. The zero-order valence-electron chi connectivity index (χ0n) is 15.6. The molecule has 1 saturated carbocycles. The largest absolute Gasteiger partial charge is 0.395 e. The van der Waals surface area contributed by atoms with Gasteiger partial charge < -0.3 is 15.3 Å². The van der Waals surface area contributed by atoms with Gasteiger partial charge in [-0.1, -0.05) is 19.3 Å². The van der Waals surface area contributed by atoms with Crippen LogP contribution in [-0.4, -0.2) is 97.9 Å². The Hall–Kier alpha value is -0.200. The first kappa shape index (κ1) is 18.6. The van der Waals surface area contributed by atoms with Gasteiger partial charge in [0.1, 0.15) is 0 Å². The fourth-order valence-electron chi connectivity index (χ4n) is 5.01. The third kappa shape index (κ3) is 4.92. The summed E-state index contributed by atoms with van der Waals surface area (Å²) in [6.07, 6.45) is 8.41. The van der Waals surface area contributed by atoms with Crippen molar-refractivity contribution in [3.05, 3.63) is 0 Å². The van der Waals surface area contributed by atoms with Crippen LogP contribution in [0.15, 0.2) is 0 Å². The van der Waals surface area contributed by atoms with Gasteiger partial charge in [0.2, 0.25) is 0 Å². The first-order valence-corrected chi connectivity index (χ1v) is 10.3. The summed E-state index contributed by atoms with van der Waals surface area (Å²) in [7, 11) is 2.39. The summed E-state index contributed by atoms with van der Waals surface area (Å²) in [5.41, 5.74) is 0. The van der Waals surface area contributed by atoms with E-state index in [0.29, 0.717) is 12.6 Å². The molecular weight excluding hydrogens is 300 g/mol. The second-order valence-corrected chi connectivity index (χ2v) is 8.14. The molecule has 0 bridgehead atoms. The minimum absolute atomic E-state index is 0.294. The highest BCUT2D eigenvalue weighted by molar-refractivity contribution is 4.90. The highest BCUT2D eigenvalue weighted by Gasteiger charge is 2.33. The van der Waals surface area contributed by atoms with Gasteiger partial charge in [0.15, 0.2) is 0 Å². The van der Waals surface area contributed by atoms with Crippen LogP contribution >= 0.6 is 0 Å². The third-order valence-corrected chi connectivity index (χ3v) is 6.64. The maximum atomic E-state index is 9.10. The standard InChI is InChI=1S/C19H38N4O/c1-21(18-5-3-2-4-6-18)19-15-20-8-7-17(19)16-23-11-9-22(10-12-23)13-14-24/h17-20,24H,2-16H2,1H3. The van der Waals surface area contributed by atoms with Crippen molar-refractivity contribution in [1.29, 1.82) is 0 Å². The number of likely N-dealkylation sites (N-methyl/N-ethyl adjacent to an activating group) is 1. The molecule has 24 heavy (non-hydrogen) atoms. The SMILES string of the molecule is CN(C1CCCCC1)C1CNCCC1CN1CCN(CCO)CC1. The molecule has 3 rings (SSSR count). The zero-order chi connectivity index (χ0) is 16.8. The van der Waals surface area contributed by atoms with Crippen molar-refractivity contribution in [2.45, 2.75) is 50.6 Å². The van der Waals surface area contributed by atoms with E-state index in [1.165, 1.54) is 71.2 Å². The molecule has 0 aromatic rings. The number of piperazine rings is 1. The van der Waals surface area contributed by atoms with E-state index >= 15 is 0 Å². The Morgan fingerprint density at radius 3 is 2.42 bits per heavy atom. The molecule has 0 aromatic heterocycles. The predicted molar refractivity (Wildman–Crippen MR) is 99.4 cm³/mol. The van der Waals surface area contributed by atoms with Gasteiger partial charge in [-0.25, -0.2) is 0 Å². The fourth-order valence-corrected chi connectivity index (χ4v) is 5.01. The number of aliphatic hydroxyl groups is 1. The fraction of sp³-hybridized carbons (Fsp3) is 1.00. The lowest BCUT2D eigenvalue weighted by atomic mass is 9.87. The van der Waals surface area contributed by atoms with Gasteiger partial charge in [-0.3, -0.25) is 9.80 Å². The van der Waals surface area contributed by atoms with Crippen molar-refractivity contribution in [2.75, 3.05) is 66.0 Å². The Kier molecular flexibility index (Phi) is 7.35. The summed E-state index contributed by atoms with van der Waals surface area (Å²) < 4.78 is 0. The third-order valence-electron chi connectivity index (χ3n) is 6.64. The van der Waals surface area contributed by atoms with Crippen molar-refractivity contribution in [3.8, 4) is 0 Å². The molecule has 0 aromatic carbocycles. The van der Waals surface area contributed by atoms with E-state index in [1.807, 2.05) is 0 Å². The Balaban J connectivity index is 1.51. The molecule has 3 fully saturated rings. The minimum Gasteiger partial charge on any atom is -0.395 e. The molecule has 140 valence electrons. The van der Waals surface area contributed by atoms with Crippen molar-refractivity contribution in [2.24, 2.45) is 5.92 Å². The van der Waals surface area contributed by atoms with Crippen LogP contribution in [0.4, 0.5) is 0 Å². The summed E-state index contributed by atoms with van der Waals surface area (Å²) in [4.78, 5) is 7.80. The summed E-state index contributed by atoms with van der Waals surface area (Å²) >= 11 is 0. The summed E-state index contributed by atoms with van der Waals surface area (Å²) in [5, 5.41) is 12.7. The lowest BCUT2D eigenvalue weighted by Gasteiger charge is -2.45. The molecule has 0 amide bonds. The molecule has 3 aliphatic rings. The first-order valence-electron chi connectivity index (χ1n) is 10.3. The number of nitrogens with one attached hydrogen (secondary N) is 1. The van der Waals surface area contributed by atoms with Gasteiger partial charge in [-0.05, 0) is 38.8 Å². The molecule has 2 N–H and O–H groups in total.